The van der Waals surface area contributed by atoms with Gasteiger partial charge >= 0.3 is 6.09 Å². The number of aryl methyl sites for hydroxylation is 1. The molecule has 1 aromatic heterocycles. The van der Waals surface area contributed by atoms with Crippen molar-refractivity contribution in [1.29, 1.82) is 0 Å². The number of hydrogen-bond acceptors (Lipinski definition) is 7. The fraction of sp³-hybridized carbons (Fsp3) is 0.467. The monoisotopic (exact) mass is 593 g/mol. The molecule has 2 aromatic carbocycles. The Morgan fingerprint density at radius 1 is 1.19 bits per heavy atom. The smallest absolute Gasteiger partial charge is 0.414 e. The Morgan fingerprint density at radius 2 is 1.95 bits per heavy atom. The lowest BCUT2D eigenvalue weighted by Gasteiger charge is -2.31. The van der Waals surface area contributed by atoms with E-state index in [4.69, 9.17) is 9.47 Å². The third-order valence-corrected chi connectivity index (χ3v) is 11.5. The van der Waals surface area contributed by atoms with E-state index >= 15 is 4.11 Å². The number of cyclic esters (lactones) is 1. The third kappa shape index (κ3) is 4.52. The number of nitrogens with zero attached hydrogens (tertiary/aromatic N) is 5. The highest BCUT2D eigenvalue weighted by Crippen LogP contribution is 2.60. The molecular weight excluding hydrogens is 557 g/mol. The topological polar surface area (TPSA) is 110 Å². The molecule has 1 unspecified atom stereocenters. The van der Waals surface area contributed by atoms with Gasteiger partial charge in [-0.25, -0.2) is 4.79 Å². The number of amides is 2. The van der Waals surface area contributed by atoms with E-state index in [0.717, 1.165) is 5.56 Å². The van der Waals surface area contributed by atoms with Crippen molar-refractivity contribution >= 4 is 31.8 Å². The largest absolute Gasteiger partial charge is 0.447 e. The lowest BCUT2D eigenvalue weighted by atomic mass is 9.82. The number of anilines is 2. The first-order valence-electron chi connectivity index (χ1n) is 14.4. The van der Waals surface area contributed by atoms with Crippen LogP contribution in [0.25, 0.3) is 0 Å². The summed E-state index contributed by atoms with van der Waals surface area (Å²) in [6.45, 7) is 6.27. The number of carbonyl (C=O) groups excluding carboxylic acids is 2. The Bertz CT molecular complexity index is 1500. The number of aliphatic hydroxyl groups is 1. The number of rotatable bonds is 8. The Balaban J connectivity index is 1.29. The van der Waals surface area contributed by atoms with Crippen molar-refractivity contribution in [1.82, 2.24) is 15.0 Å². The Labute approximate surface area is 245 Å². The lowest BCUT2D eigenvalue weighted by Crippen LogP contribution is -2.44. The number of aromatic nitrogens is 3. The van der Waals surface area contributed by atoms with Crippen LogP contribution in [0.1, 0.15) is 36.1 Å². The van der Waals surface area contributed by atoms with Crippen LogP contribution in [0.2, 0.25) is 18.6 Å². The van der Waals surface area contributed by atoms with Gasteiger partial charge in [-0.2, -0.15) is 0 Å². The van der Waals surface area contributed by atoms with Crippen molar-refractivity contribution in [3.05, 3.63) is 71.5 Å². The molecule has 2 fully saturated rings. The first-order chi connectivity index (χ1) is 20.1. The molecule has 42 heavy (non-hydrogen) atoms. The molecule has 4 heterocycles. The molecule has 0 saturated carbocycles. The van der Waals surface area contributed by atoms with Crippen LogP contribution in [0.5, 0.6) is 0 Å². The highest BCUT2D eigenvalue weighted by Gasteiger charge is 2.66. The quantitative estimate of drug-likeness (QED) is 0.308. The summed E-state index contributed by atoms with van der Waals surface area (Å²) in [6, 6.07) is 15.1. The second kappa shape index (κ2) is 10.6. The average molecular weight is 594 g/mol. The Hall–Kier alpha value is -3.61. The molecule has 0 bridgehead atoms. The van der Waals surface area contributed by atoms with Crippen LogP contribution in [-0.2, 0) is 26.4 Å². The van der Waals surface area contributed by atoms with Gasteiger partial charge in [-0.1, -0.05) is 42.5 Å². The van der Waals surface area contributed by atoms with Crippen LogP contribution in [0.15, 0.2) is 54.7 Å². The molecule has 6 rings (SSSR count). The van der Waals surface area contributed by atoms with Gasteiger partial charge in [0.15, 0.2) is 5.60 Å². The zero-order valence-electron chi connectivity index (χ0n) is 24.2. The summed E-state index contributed by atoms with van der Waals surface area (Å²) in [7, 11) is -1.62. The molecule has 0 aliphatic carbocycles. The molecule has 3 aliphatic rings. The molecule has 10 nitrogen and oxygen atoms in total. The van der Waals surface area contributed by atoms with Gasteiger partial charge in [0.1, 0.15) is 6.61 Å². The molecular formula is C30H36FN5O5Si. The first kappa shape index (κ1) is 28.5. The van der Waals surface area contributed by atoms with E-state index in [1.165, 1.54) is 4.90 Å². The minimum absolute atomic E-state index is 0.107. The molecule has 5 atom stereocenters. The zero-order valence-corrected chi connectivity index (χ0v) is 25.2. The summed E-state index contributed by atoms with van der Waals surface area (Å²) in [6.07, 6.45) is 1.27. The maximum absolute atomic E-state index is 16.1. The predicted octanol–water partition coefficient (Wildman–Crippen LogP) is 4.20. The van der Waals surface area contributed by atoms with E-state index in [0.29, 0.717) is 48.7 Å². The first-order valence-corrected chi connectivity index (χ1v) is 17.3. The number of ether oxygens (including phenoxy) is 2. The molecule has 3 aromatic rings. The summed E-state index contributed by atoms with van der Waals surface area (Å²) >= 11 is 0. The van der Waals surface area contributed by atoms with Crippen LogP contribution < -0.4 is 9.80 Å². The standard InChI is InChI=1S/C30H36FN5O5Si/c1-19-27(42(3,4)31)26(12-13-35-17-24(32-33-35)22(18-37)20-8-6-5-7-9-20)41-30(19)23-16-21(36-14-15-40-29(36)39)10-11-25(23)34(2)28(30)38/h5-11,16-17,19,22,26-27,37H,12-15,18H2,1-4H3/t19-,22?,26+,27-,30+/m0/s1. The minimum Gasteiger partial charge on any atom is -0.447 e. The molecule has 2 saturated heterocycles. The van der Waals surface area contributed by atoms with Crippen molar-refractivity contribution < 1.29 is 28.3 Å². The van der Waals surface area contributed by atoms with Crippen molar-refractivity contribution in [3.8, 4) is 0 Å². The van der Waals surface area contributed by atoms with Crippen LogP contribution in [0.4, 0.5) is 20.3 Å². The second-order valence-electron chi connectivity index (χ2n) is 11.9. The number of benzene rings is 2. The number of fused-ring (bicyclic) bond motifs is 2. The van der Waals surface area contributed by atoms with E-state index in [2.05, 4.69) is 10.3 Å². The maximum Gasteiger partial charge on any atom is 0.414 e. The molecule has 2 amide bonds. The SMILES string of the molecule is C[C@H]1[C@H]([Si](C)(C)F)[C@@H](CCn2cc(C(CO)c3ccccc3)nn2)O[C@]12C(=O)N(C)c1ccc(N3CCOC3=O)cc12. The number of likely N-dealkylation sites (N-methyl/N-ethyl adjacent to an activating group) is 1. The molecule has 1 spiro atoms. The summed E-state index contributed by atoms with van der Waals surface area (Å²) in [4.78, 5) is 29.4. The van der Waals surface area contributed by atoms with Gasteiger partial charge in [0.25, 0.3) is 5.91 Å². The summed E-state index contributed by atoms with van der Waals surface area (Å²) in [5.74, 6) is -0.968. The van der Waals surface area contributed by atoms with Gasteiger partial charge in [0.05, 0.1) is 36.6 Å². The van der Waals surface area contributed by atoms with Crippen LogP contribution in [0, 0.1) is 5.92 Å². The van der Waals surface area contributed by atoms with Crippen LogP contribution in [-0.4, -0.2) is 73.4 Å². The molecule has 1 N–H and O–H groups in total. The molecule has 222 valence electrons. The maximum atomic E-state index is 16.1. The van der Waals surface area contributed by atoms with Crippen molar-refractivity contribution in [2.24, 2.45) is 5.92 Å². The minimum atomic E-state index is -3.33. The third-order valence-electron chi connectivity index (χ3n) is 9.09. The summed E-state index contributed by atoms with van der Waals surface area (Å²) in [5.41, 5.74) is 1.73. The normalized spacial score (nSPS) is 26.3. The van der Waals surface area contributed by atoms with Gasteiger partial charge in [0, 0.05) is 42.5 Å². The highest BCUT2D eigenvalue weighted by atomic mass is 28.4. The van der Waals surface area contributed by atoms with Crippen molar-refractivity contribution in [2.45, 2.75) is 56.1 Å². The Morgan fingerprint density at radius 3 is 2.62 bits per heavy atom. The van der Waals surface area contributed by atoms with E-state index in [1.54, 1.807) is 42.0 Å². The highest BCUT2D eigenvalue weighted by molar-refractivity contribution is 6.72. The van der Waals surface area contributed by atoms with Gasteiger partial charge in [-0.05, 0) is 43.3 Å². The van der Waals surface area contributed by atoms with E-state index < -0.39 is 37.7 Å². The van der Waals surface area contributed by atoms with Gasteiger partial charge in [0.2, 0.25) is 8.41 Å². The lowest BCUT2D eigenvalue weighted by molar-refractivity contribution is -0.145. The van der Waals surface area contributed by atoms with Crippen LogP contribution >= 0.6 is 0 Å². The van der Waals surface area contributed by atoms with Gasteiger partial charge in [-0.15, -0.1) is 5.10 Å². The average Bonchev–Trinajstić information content (AvgIpc) is 3.72. The van der Waals surface area contributed by atoms with Gasteiger partial charge in [-0.3, -0.25) is 14.4 Å². The van der Waals surface area contributed by atoms with Gasteiger partial charge < -0.3 is 23.6 Å². The number of carbonyl (C=O) groups is 2. The van der Waals surface area contributed by atoms with Crippen molar-refractivity contribution in [2.75, 3.05) is 36.6 Å². The second-order valence-corrected chi connectivity index (χ2v) is 15.7. The van der Waals surface area contributed by atoms with E-state index in [-0.39, 0.29) is 18.4 Å². The fourth-order valence-electron chi connectivity index (χ4n) is 7.10. The zero-order chi connectivity index (χ0) is 29.8. The van der Waals surface area contributed by atoms with Crippen LogP contribution in [0.3, 0.4) is 0 Å². The van der Waals surface area contributed by atoms with E-state index in [1.807, 2.05) is 49.4 Å². The predicted molar refractivity (Wildman–Crippen MR) is 157 cm³/mol. The van der Waals surface area contributed by atoms with E-state index in [9.17, 15) is 14.7 Å². The Kier molecular flexibility index (Phi) is 7.18. The molecule has 0 radical (unpaired) electrons. The van der Waals surface area contributed by atoms with Crippen molar-refractivity contribution in [3.63, 3.8) is 0 Å². The summed E-state index contributed by atoms with van der Waals surface area (Å²) < 4.78 is 29.6. The number of hydrogen-bond donors (Lipinski definition) is 1. The fourth-order valence-corrected chi connectivity index (χ4v) is 9.65. The number of aliphatic hydroxyl groups excluding tert-OH is 1. The summed E-state index contributed by atoms with van der Waals surface area (Å²) in [5, 5.41) is 18.6. The molecule has 12 heteroatoms. The molecule has 3 aliphatic heterocycles. The number of halogens is 1.